The van der Waals surface area contributed by atoms with Gasteiger partial charge in [-0.1, -0.05) is 44.2 Å². The Morgan fingerprint density at radius 2 is 1.86 bits per heavy atom. The molecule has 2 atom stereocenters. The van der Waals surface area contributed by atoms with Crippen LogP contribution in [-0.2, 0) is 0 Å². The summed E-state index contributed by atoms with van der Waals surface area (Å²) in [4.78, 5) is 0. The van der Waals surface area contributed by atoms with E-state index in [0.29, 0.717) is 6.04 Å². The lowest BCUT2D eigenvalue weighted by atomic mass is 9.75. The molecule has 0 aliphatic heterocycles. The Morgan fingerprint density at radius 3 is 2.43 bits per heavy atom. The molecule has 2 rings (SSSR count). The smallest absolute Gasteiger partial charge is 0.0488 e. The van der Waals surface area contributed by atoms with Crippen LogP contribution in [-0.4, -0.2) is 18.3 Å². The first kappa shape index (κ1) is 16.2. The lowest BCUT2D eigenvalue weighted by molar-refractivity contribution is 0.128. The number of thiophene rings is 1. The summed E-state index contributed by atoms with van der Waals surface area (Å²) in [5.74, 6) is 0.282. The summed E-state index contributed by atoms with van der Waals surface area (Å²) in [6, 6.07) is 13.0. The molecule has 2 nitrogen and oxygen atoms in total. The van der Waals surface area contributed by atoms with Crippen molar-refractivity contribution < 1.29 is 5.11 Å². The highest BCUT2D eigenvalue weighted by atomic mass is 32.1. The molecule has 0 fully saturated rings. The van der Waals surface area contributed by atoms with Crippen LogP contribution in [0, 0.1) is 5.41 Å². The Balaban J connectivity index is 2.10. The second-order valence-electron chi connectivity index (χ2n) is 6.30. The Hall–Kier alpha value is -1.16. The molecule has 0 spiro atoms. The maximum atomic E-state index is 9.75. The van der Waals surface area contributed by atoms with Crippen LogP contribution < -0.4 is 5.32 Å². The van der Waals surface area contributed by atoms with Crippen molar-refractivity contribution in [2.24, 2.45) is 5.41 Å². The first-order valence-corrected chi connectivity index (χ1v) is 8.40. The third kappa shape index (κ3) is 4.16. The lowest BCUT2D eigenvalue weighted by Crippen LogP contribution is -2.35. The van der Waals surface area contributed by atoms with Crippen LogP contribution in [0.2, 0.25) is 0 Å². The molecule has 1 heterocycles. The van der Waals surface area contributed by atoms with Gasteiger partial charge in [-0.2, -0.15) is 11.3 Å². The van der Waals surface area contributed by atoms with Crippen LogP contribution in [0.15, 0.2) is 47.2 Å². The van der Waals surface area contributed by atoms with Crippen LogP contribution in [0.3, 0.4) is 0 Å². The molecule has 1 aromatic heterocycles. The van der Waals surface area contributed by atoms with Gasteiger partial charge in [-0.15, -0.1) is 0 Å². The third-order valence-electron chi connectivity index (χ3n) is 4.22. The van der Waals surface area contributed by atoms with Crippen molar-refractivity contribution in [2.75, 3.05) is 13.2 Å². The van der Waals surface area contributed by atoms with E-state index in [0.717, 1.165) is 6.54 Å². The molecule has 0 saturated carbocycles. The molecular weight excluding hydrogens is 278 g/mol. The van der Waals surface area contributed by atoms with Crippen LogP contribution in [0.1, 0.15) is 43.9 Å². The van der Waals surface area contributed by atoms with Crippen molar-refractivity contribution in [3.05, 3.63) is 58.3 Å². The van der Waals surface area contributed by atoms with Crippen LogP contribution in [0.25, 0.3) is 0 Å². The molecule has 0 aliphatic carbocycles. The number of nitrogens with one attached hydrogen (secondary N) is 1. The topological polar surface area (TPSA) is 32.3 Å². The Morgan fingerprint density at radius 1 is 1.14 bits per heavy atom. The van der Waals surface area contributed by atoms with Gasteiger partial charge < -0.3 is 10.4 Å². The monoisotopic (exact) mass is 303 g/mol. The summed E-state index contributed by atoms with van der Waals surface area (Å²) in [7, 11) is 0. The molecule has 0 amide bonds. The molecule has 0 aliphatic rings. The number of aliphatic hydroxyl groups is 1. The SMILES string of the molecule is CC(NCC(c1ccccc1)C(C)(C)CO)c1ccsc1. The minimum Gasteiger partial charge on any atom is -0.396 e. The summed E-state index contributed by atoms with van der Waals surface area (Å²) in [5.41, 5.74) is 2.46. The number of hydrogen-bond acceptors (Lipinski definition) is 3. The second kappa shape index (κ2) is 7.21. The van der Waals surface area contributed by atoms with E-state index in [2.05, 4.69) is 67.2 Å². The Kier molecular flexibility index (Phi) is 5.57. The summed E-state index contributed by atoms with van der Waals surface area (Å²) in [6.07, 6.45) is 0. The number of aliphatic hydroxyl groups excluding tert-OH is 1. The Bertz CT molecular complexity index is 521. The van der Waals surface area contributed by atoms with Gasteiger partial charge in [0.25, 0.3) is 0 Å². The van der Waals surface area contributed by atoms with E-state index in [1.54, 1.807) is 11.3 Å². The normalized spacial score (nSPS) is 14.9. The van der Waals surface area contributed by atoms with Gasteiger partial charge >= 0.3 is 0 Å². The standard InChI is InChI=1S/C18H25NOS/c1-14(16-9-10-21-12-16)19-11-17(18(2,3)13-20)15-7-5-4-6-8-15/h4-10,12,14,17,19-20H,11,13H2,1-3H3. The van der Waals surface area contributed by atoms with E-state index < -0.39 is 0 Å². The molecule has 21 heavy (non-hydrogen) atoms. The van der Waals surface area contributed by atoms with Gasteiger partial charge in [0.05, 0.1) is 0 Å². The van der Waals surface area contributed by atoms with Gasteiger partial charge in [0.2, 0.25) is 0 Å². The maximum Gasteiger partial charge on any atom is 0.0488 e. The van der Waals surface area contributed by atoms with Crippen LogP contribution in [0.5, 0.6) is 0 Å². The summed E-state index contributed by atoms with van der Waals surface area (Å²) < 4.78 is 0. The molecule has 1 aromatic carbocycles. The predicted octanol–water partition coefficient (Wildman–Crippen LogP) is 4.20. The van der Waals surface area contributed by atoms with Gasteiger partial charge in [-0.25, -0.2) is 0 Å². The van der Waals surface area contributed by atoms with Crippen LogP contribution >= 0.6 is 11.3 Å². The number of benzene rings is 1. The summed E-state index contributed by atoms with van der Waals surface area (Å²) in [6.45, 7) is 7.48. The molecule has 0 saturated heterocycles. The molecule has 2 unspecified atom stereocenters. The van der Waals surface area contributed by atoms with Crippen molar-refractivity contribution in [3.8, 4) is 0 Å². The average molecular weight is 303 g/mol. The van der Waals surface area contributed by atoms with Crippen molar-refractivity contribution in [3.63, 3.8) is 0 Å². The van der Waals surface area contributed by atoms with Crippen molar-refractivity contribution >= 4 is 11.3 Å². The molecule has 114 valence electrons. The van der Waals surface area contributed by atoms with E-state index >= 15 is 0 Å². The first-order valence-electron chi connectivity index (χ1n) is 7.46. The van der Waals surface area contributed by atoms with Gasteiger partial charge in [0.1, 0.15) is 0 Å². The van der Waals surface area contributed by atoms with Gasteiger partial charge in [0.15, 0.2) is 0 Å². The van der Waals surface area contributed by atoms with Gasteiger partial charge in [-0.3, -0.25) is 0 Å². The molecular formula is C18H25NOS. The summed E-state index contributed by atoms with van der Waals surface area (Å²) >= 11 is 1.73. The van der Waals surface area contributed by atoms with E-state index in [4.69, 9.17) is 0 Å². The highest BCUT2D eigenvalue weighted by molar-refractivity contribution is 7.07. The predicted molar refractivity (Wildman–Crippen MR) is 90.8 cm³/mol. The fourth-order valence-corrected chi connectivity index (χ4v) is 3.33. The van der Waals surface area contributed by atoms with Crippen molar-refractivity contribution in [1.29, 1.82) is 0 Å². The third-order valence-corrected chi connectivity index (χ3v) is 4.93. The van der Waals surface area contributed by atoms with Crippen molar-refractivity contribution in [2.45, 2.75) is 32.7 Å². The zero-order valence-electron chi connectivity index (χ0n) is 13.0. The maximum absolute atomic E-state index is 9.75. The fraction of sp³-hybridized carbons (Fsp3) is 0.444. The number of rotatable bonds is 7. The highest BCUT2D eigenvalue weighted by Gasteiger charge is 2.30. The molecule has 0 radical (unpaired) electrons. The van der Waals surface area contributed by atoms with Crippen molar-refractivity contribution in [1.82, 2.24) is 5.32 Å². The second-order valence-corrected chi connectivity index (χ2v) is 7.08. The molecule has 2 N–H and O–H groups in total. The minimum atomic E-state index is -0.150. The van der Waals surface area contributed by atoms with E-state index in [1.165, 1.54) is 11.1 Å². The van der Waals surface area contributed by atoms with E-state index in [1.807, 2.05) is 6.07 Å². The van der Waals surface area contributed by atoms with Crippen LogP contribution in [0.4, 0.5) is 0 Å². The van der Waals surface area contributed by atoms with Gasteiger partial charge in [-0.05, 0) is 40.3 Å². The zero-order chi connectivity index (χ0) is 15.3. The average Bonchev–Trinajstić information content (AvgIpc) is 3.02. The number of hydrogen-bond donors (Lipinski definition) is 2. The zero-order valence-corrected chi connectivity index (χ0v) is 13.9. The van der Waals surface area contributed by atoms with E-state index in [9.17, 15) is 5.11 Å². The molecule has 0 bridgehead atoms. The highest BCUT2D eigenvalue weighted by Crippen LogP contribution is 2.35. The minimum absolute atomic E-state index is 0.150. The summed E-state index contributed by atoms with van der Waals surface area (Å²) in [5, 5.41) is 17.7. The largest absolute Gasteiger partial charge is 0.396 e. The quantitative estimate of drug-likeness (QED) is 0.803. The lowest BCUT2D eigenvalue weighted by Gasteiger charge is -2.34. The Labute approximate surface area is 131 Å². The molecule has 2 aromatic rings. The first-order chi connectivity index (χ1) is 10.0. The molecule has 3 heteroatoms. The fourth-order valence-electron chi connectivity index (χ4n) is 2.57. The van der Waals surface area contributed by atoms with E-state index in [-0.39, 0.29) is 17.9 Å². The van der Waals surface area contributed by atoms with Gasteiger partial charge in [0, 0.05) is 25.1 Å².